The Morgan fingerprint density at radius 1 is 0.952 bits per heavy atom. The standard InChI is InChI=1S/C33H45ClO8/c1-2-3-4-5-6-7-8-9-29(35)40-21-28-30(36)31(37)32(38)33(42-28)23-12-15-27(34)24(19-23)18-22-10-13-25(14-11-22)41-26-16-17-39-20-26/h10-15,19,26,28,30-33,36-38H,2-9,16-18,20-21H2,1H3/t26-,28-,30-,31+,32-,33+/m1/s1. The molecule has 6 atom stereocenters. The lowest BCUT2D eigenvalue weighted by Gasteiger charge is -2.40. The lowest BCUT2D eigenvalue weighted by Crippen LogP contribution is -2.55. The average Bonchev–Trinajstić information content (AvgIpc) is 3.50. The van der Waals surface area contributed by atoms with Crippen molar-refractivity contribution >= 4 is 17.6 Å². The Morgan fingerprint density at radius 2 is 1.69 bits per heavy atom. The van der Waals surface area contributed by atoms with Crippen LogP contribution in [-0.4, -0.2) is 71.6 Å². The molecule has 9 heteroatoms. The number of aliphatic hydroxyl groups excluding tert-OH is 3. The first-order valence-electron chi connectivity index (χ1n) is 15.3. The number of halogens is 1. The number of esters is 1. The number of hydrogen-bond acceptors (Lipinski definition) is 8. The summed E-state index contributed by atoms with van der Waals surface area (Å²) in [7, 11) is 0. The van der Waals surface area contributed by atoms with E-state index in [0.717, 1.165) is 49.2 Å². The molecule has 2 aromatic carbocycles. The Balaban J connectivity index is 1.32. The minimum absolute atomic E-state index is 0.0789. The summed E-state index contributed by atoms with van der Waals surface area (Å²) < 4.78 is 22.7. The van der Waals surface area contributed by atoms with Crippen LogP contribution in [0.3, 0.4) is 0 Å². The lowest BCUT2D eigenvalue weighted by molar-refractivity contribution is -0.234. The number of ether oxygens (including phenoxy) is 4. The van der Waals surface area contributed by atoms with E-state index >= 15 is 0 Å². The van der Waals surface area contributed by atoms with Crippen molar-refractivity contribution in [1.29, 1.82) is 0 Å². The molecule has 42 heavy (non-hydrogen) atoms. The molecular formula is C33H45ClO8. The van der Waals surface area contributed by atoms with Crippen LogP contribution in [0.25, 0.3) is 0 Å². The Labute approximate surface area is 253 Å². The number of aliphatic hydroxyl groups is 3. The maximum atomic E-state index is 12.3. The quantitative estimate of drug-likeness (QED) is 0.185. The second kappa shape index (κ2) is 16.6. The number of rotatable bonds is 15. The smallest absolute Gasteiger partial charge is 0.305 e. The minimum atomic E-state index is -1.47. The SMILES string of the molecule is CCCCCCCCCC(=O)OC[C@H]1O[C@@H](c2ccc(Cl)c(Cc3ccc(O[C@@H]4CCOC4)cc3)c2)[C@H](O)[C@@H](O)[C@@H]1O. The zero-order valence-corrected chi connectivity index (χ0v) is 25.2. The Bertz CT molecular complexity index is 1100. The van der Waals surface area contributed by atoms with E-state index in [1.165, 1.54) is 25.7 Å². The topological polar surface area (TPSA) is 115 Å². The maximum Gasteiger partial charge on any atom is 0.305 e. The van der Waals surface area contributed by atoms with E-state index in [4.69, 9.17) is 30.5 Å². The molecule has 0 bridgehead atoms. The summed E-state index contributed by atoms with van der Waals surface area (Å²) >= 11 is 6.53. The van der Waals surface area contributed by atoms with Gasteiger partial charge in [0.15, 0.2) is 0 Å². The van der Waals surface area contributed by atoms with Crippen LogP contribution < -0.4 is 4.74 Å². The van der Waals surface area contributed by atoms with E-state index in [1.807, 2.05) is 30.3 Å². The van der Waals surface area contributed by atoms with Crippen LogP contribution in [0.2, 0.25) is 5.02 Å². The monoisotopic (exact) mass is 604 g/mol. The van der Waals surface area contributed by atoms with Crippen molar-refractivity contribution in [2.75, 3.05) is 19.8 Å². The van der Waals surface area contributed by atoms with Gasteiger partial charge >= 0.3 is 5.97 Å². The van der Waals surface area contributed by atoms with Crippen LogP contribution in [0, 0.1) is 0 Å². The van der Waals surface area contributed by atoms with Crippen molar-refractivity contribution in [3.05, 3.63) is 64.2 Å². The molecule has 2 saturated heterocycles. The highest BCUT2D eigenvalue weighted by Crippen LogP contribution is 2.35. The van der Waals surface area contributed by atoms with Gasteiger partial charge in [-0.1, -0.05) is 81.3 Å². The fourth-order valence-corrected chi connectivity index (χ4v) is 5.63. The molecule has 0 radical (unpaired) electrons. The summed E-state index contributed by atoms with van der Waals surface area (Å²) in [6.07, 6.45) is 3.32. The third-order valence-electron chi connectivity index (χ3n) is 8.01. The fourth-order valence-electron chi connectivity index (χ4n) is 5.45. The summed E-state index contributed by atoms with van der Waals surface area (Å²) in [4.78, 5) is 12.3. The highest BCUT2D eigenvalue weighted by Gasteiger charge is 2.44. The Hall–Kier alpha value is -2.20. The molecule has 0 spiro atoms. The maximum absolute atomic E-state index is 12.3. The van der Waals surface area contributed by atoms with Gasteiger partial charge in [0.2, 0.25) is 0 Å². The summed E-state index contributed by atoms with van der Waals surface area (Å²) in [5.74, 6) is 0.424. The Morgan fingerprint density at radius 3 is 2.40 bits per heavy atom. The van der Waals surface area contributed by atoms with Gasteiger partial charge < -0.3 is 34.3 Å². The summed E-state index contributed by atoms with van der Waals surface area (Å²) in [6, 6.07) is 13.1. The average molecular weight is 605 g/mol. The molecule has 8 nitrogen and oxygen atoms in total. The second-order valence-corrected chi connectivity index (χ2v) is 11.8. The first kappa shape index (κ1) is 32.7. The van der Waals surface area contributed by atoms with Crippen molar-refractivity contribution in [3.63, 3.8) is 0 Å². The van der Waals surface area contributed by atoms with Crippen LogP contribution >= 0.6 is 11.6 Å². The van der Waals surface area contributed by atoms with Crippen LogP contribution in [-0.2, 0) is 25.4 Å². The molecule has 2 aromatic rings. The zero-order chi connectivity index (χ0) is 29.9. The van der Waals surface area contributed by atoms with Gasteiger partial charge in [-0.2, -0.15) is 0 Å². The molecule has 3 N–H and O–H groups in total. The third kappa shape index (κ3) is 9.40. The molecule has 4 rings (SSSR count). The summed E-state index contributed by atoms with van der Waals surface area (Å²) in [5.41, 5.74) is 2.45. The van der Waals surface area contributed by atoms with Crippen LogP contribution in [0.1, 0.15) is 87.5 Å². The molecule has 2 aliphatic rings. The molecule has 0 aromatic heterocycles. The summed E-state index contributed by atoms with van der Waals surface area (Å²) in [6.45, 7) is 3.30. The predicted octanol–water partition coefficient (Wildman–Crippen LogP) is 5.31. The van der Waals surface area contributed by atoms with Gasteiger partial charge in [0.05, 0.1) is 13.2 Å². The third-order valence-corrected chi connectivity index (χ3v) is 8.38. The molecule has 0 unspecified atom stereocenters. The number of carbonyl (C=O) groups is 1. The first-order chi connectivity index (χ1) is 20.4. The minimum Gasteiger partial charge on any atom is -0.488 e. The van der Waals surface area contributed by atoms with E-state index in [2.05, 4.69) is 6.92 Å². The van der Waals surface area contributed by atoms with E-state index < -0.39 is 30.5 Å². The molecule has 2 aliphatic heterocycles. The van der Waals surface area contributed by atoms with E-state index in [9.17, 15) is 20.1 Å². The number of hydrogen-bond donors (Lipinski definition) is 3. The number of unbranched alkanes of at least 4 members (excludes halogenated alkanes) is 6. The van der Waals surface area contributed by atoms with Crippen molar-refractivity contribution in [3.8, 4) is 5.75 Å². The van der Waals surface area contributed by atoms with Crippen LogP contribution in [0.5, 0.6) is 5.75 Å². The highest BCUT2D eigenvalue weighted by molar-refractivity contribution is 6.31. The normalized spacial score (nSPS) is 25.8. The van der Waals surface area contributed by atoms with Gasteiger partial charge in [-0.25, -0.2) is 0 Å². The van der Waals surface area contributed by atoms with Crippen molar-refractivity contribution in [2.45, 2.75) is 108 Å². The van der Waals surface area contributed by atoms with Gasteiger partial charge in [0.25, 0.3) is 0 Å². The highest BCUT2D eigenvalue weighted by atomic mass is 35.5. The van der Waals surface area contributed by atoms with Gasteiger partial charge in [-0.05, 0) is 47.7 Å². The first-order valence-corrected chi connectivity index (χ1v) is 15.7. The van der Waals surface area contributed by atoms with E-state index in [-0.39, 0.29) is 18.7 Å². The molecule has 2 fully saturated rings. The van der Waals surface area contributed by atoms with Gasteiger partial charge in [-0.15, -0.1) is 0 Å². The van der Waals surface area contributed by atoms with Gasteiger partial charge in [-0.3, -0.25) is 4.79 Å². The molecule has 232 valence electrons. The largest absolute Gasteiger partial charge is 0.488 e. The van der Waals surface area contributed by atoms with E-state index in [1.54, 1.807) is 12.1 Å². The number of carbonyl (C=O) groups excluding carboxylic acids is 1. The molecule has 2 heterocycles. The molecular weight excluding hydrogens is 560 g/mol. The Kier molecular flexibility index (Phi) is 12.9. The van der Waals surface area contributed by atoms with Gasteiger partial charge in [0, 0.05) is 17.9 Å². The van der Waals surface area contributed by atoms with Crippen molar-refractivity contribution in [2.24, 2.45) is 0 Å². The summed E-state index contributed by atoms with van der Waals surface area (Å²) in [5, 5.41) is 32.5. The molecule has 0 aliphatic carbocycles. The fraction of sp³-hybridized carbons (Fsp3) is 0.606. The van der Waals surface area contributed by atoms with E-state index in [0.29, 0.717) is 30.0 Å². The lowest BCUT2D eigenvalue weighted by atomic mass is 9.90. The van der Waals surface area contributed by atoms with Crippen LogP contribution in [0.15, 0.2) is 42.5 Å². The zero-order valence-electron chi connectivity index (χ0n) is 24.5. The number of benzene rings is 2. The van der Waals surface area contributed by atoms with Crippen molar-refractivity contribution < 1.29 is 39.1 Å². The van der Waals surface area contributed by atoms with Crippen LogP contribution in [0.4, 0.5) is 0 Å². The van der Waals surface area contributed by atoms with Gasteiger partial charge in [0.1, 0.15) is 49.0 Å². The molecule has 0 amide bonds. The second-order valence-electron chi connectivity index (χ2n) is 11.4. The predicted molar refractivity (Wildman–Crippen MR) is 160 cm³/mol. The van der Waals surface area contributed by atoms with Crippen molar-refractivity contribution in [1.82, 2.24) is 0 Å². The molecule has 0 saturated carbocycles.